The smallest absolute Gasteiger partial charge is 0.338 e. The molecule has 3 amide bonds. The molecular formula is C31H31N3O9S2. The molecular weight excluding hydrogens is 622 g/mol. The standard InChI is InChI=1S/C31H31N3O9S2/c1-3-41-21-15-18(7-10-20(21)43-16-22(35)33-11-13-40-14-12-33)23-24-26(44-27-25(23)45-31(39)32-27)29(37)34(28(24)36)19-8-5-17(6-9-19)30(38)42-4-2/h5-10,15,23-24,26H,3-4,11-14,16H2,1-2H3,(H,32,39)/t23-,24-,26+/m0/s1. The summed E-state index contributed by atoms with van der Waals surface area (Å²) in [5.74, 6) is -2.17. The Bertz CT molecular complexity index is 1680. The number of amides is 3. The van der Waals surface area contributed by atoms with E-state index >= 15 is 0 Å². The van der Waals surface area contributed by atoms with Gasteiger partial charge in [-0.3, -0.25) is 19.2 Å². The molecule has 0 saturated carbocycles. The number of carbonyl (C=O) groups is 4. The highest BCUT2D eigenvalue weighted by Gasteiger charge is 2.56. The summed E-state index contributed by atoms with van der Waals surface area (Å²) in [5, 5.41) is -0.242. The number of thiazole rings is 1. The van der Waals surface area contributed by atoms with E-state index in [1.807, 2.05) is 6.92 Å². The summed E-state index contributed by atoms with van der Waals surface area (Å²) in [4.78, 5) is 71.2. The van der Waals surface area contributed by atoms with Gasteiger partial charge in [0.1, 0.15) is 5.25 Å². The topological polar surface area (TPSA) is 145 Å². The number of anilines is 1. The highest BCUT2D eigenvalue weighted by atomic mass is 32.2. The van der Waals surface area contributed by atoms with Gasteiger partial charge in [0.2, 0.25) is 11.8 Å². The number of thioether (sulfide) groups is 1. The number of imide groups is 1. The molecule has 45 heavy (non-hydrogen) atoms. The SMILES string of the molecule is CCOC(=O)c1ccc(N2C(=O)[C@H]3[C@H](c4ccc(OCC(=O)N5CCOCC5)c(OCC)c4)c4sc(=O)[nH]c4S[C@H]3C2=O)cc1. The molecule has 2 fully saturated rings. The first-order valence-electron chi connectivity index (χ1n) is 14.6. The number of rotatable bonds is 9. The van der Waals surface area contributed by atoms with Crippen LogP contribution in [0, 0.1) is 5.92 Å². The molecule has 3 aromatic rings. The maximum Gasteiger partial charge on any atom is 0.338 e. The lowest BCUT2D eigenvalue weighted by atomic mass is 9.83. The lowest BCUT2D eigenvalue weighted by molar-refractivity contribution is -0.137. The number of hydrogen-bond acceptors (Lipinski definition) is 11. The summed E-state index contributed by atoms with van der Waals surface area (Å²) >= 11 is 2.18. The molecule has 2 saturated heterocycles. The molecule has 0 bridgehead atoms. The number of ether oxygens (including phenoxy) is 4. The first-order valence-corrected chi connectivity index (χ1v) is 16.3. The van der Waals surface area contributed by atoms with Crippen LogP contribution < -0.4 is 19.2 Å². The largest absolute Gasteiger partial charge is 0.490 e. The van der Waals surface area contributed by atoms with E-state index < -0.39 is 34.9 Å². The van der Waals surface area contributed by atoms with Crippen molar-refractivity contribution in [2.75, 3.05) is 51.0 Å². The van der Waals surface area contributed by atoms with Crippen LogP contribution in [0.3, 0.4) is 0 Å². The Labute approximate surface area is 266 Å². The molecule has 3 atom stereocenters. The number of morpholine rings is 1. The van der Waals surface area contributed by atoms with Gasteiger partial charge in [0.15, 0.2) is 18.1 Å². The maximum atomic E-state index is 14.1. The van der Waals surface area contributed by atoms with E-state index in [1.165, 1.54) is 23.9 Å². The maximum absolute atomic E-state index is 14.1. The third kappa shape index (κ3) is 5.97. The molecule has 1 aromatic heterocycles. The Hall–Kier alpha value is -4.14. The Balaban J connectivity index is 1.31. The number of benzene rings is 2. The molecule has 2 aromatic carbocycles. The average Bonchev–Trinajstić information content (AvgIpc) is 3.54. The van der Waals surface area contributed by atoms with E-state index in [0.717, 1.165) is 16.2 Å². The van der Waals surface area contributed by atoms with Crippen LogP contribution in [0.25, 0.3) is 0 Å². The van der Waals surface area contributed by atoms with Crippen LogP contribution in [0.1, 0.15) is 40.6 Å². The third-order valence-corrected chi connectivity index (χ3v) is 10.2. The lowest BCUT2D eigenvalue weighted by Gasteiger charge is -2.30. The summed E-state index contributed by atoms with van der Waals surface area (Å²) in [7, 11) is 0. The van der Waals surface area contributed by atoms with Crippen molar-refractivity contribution in [3.8, 4) is 11.5 Å². The van der Waals surface area contributed by atoms with Crippen LogP contribution in [0.4, 0.5) is 5.69 Å². The number of aromatic amines is 1. The van der Waals surface area contributed by atoms with Crippen molar-refractivity contribution in [2.45, 2.75) is 30.0 Å². The van der Waals surface area contributed by atoms with Gasteiger partial charge in [-0.1, -0.05) is 29.2 Å². The normalized spacial score (nSPS) is 20.9. The van der Waals surface area contributed by atoms with E-state index in [2.05, 4.69) is 4.98 Å². The van der Waals surface area contributed by atoms with Gasteiger partial charge >= 0.3 is 10.8 Å². The van der Waals surface area contributed by atoms with Gasteiger partial charge in [-0.15, -0.1) is 0 Å². The zero-order valence-corrected chi connectivity index (χ0v) is 26.2. The second-order valence-corrected chi connectivity index (χ2v) is 12.6. The van der Waals surface area contributed by atoms with Crippen molar-refractivity contribution in [3.63, 3.8) is 0 Å². The highest BCUT2D eigenvalue weighted by molar-refractivity contribution is 8.00. The van der Waals surface area contributed by atoms with Gasteiger partial charge in [-0.2, -0.15) is 0 Å². The van der Waals surface area contributed by atoms with Crippen molar-refractivity contribution >= 4 is 52.5 Å². The number of esters is 1. The van der Waals surface area contributed by atoms with Gasteiger partial charge in [0.05, 0.1) is 48.6 Å². The number of hydrogen-bond donors (Lipinski definition) is 1. The molecule has 236 valence electrons. The average molecular weight is 654 g/mol. The van der Waals surface area contributed by atoms with Gasteiger partial charge in [-0.05, 0) is 55.8 Å². The monoisotopic (exact) mass is 653 g/mol. The molecule has 0 radical (unpaired) electrons. The van der Waals surface area contributed by atoms with Gasteiger partial charge < -0.3 is 28.8 Å². The minimum Gasteiger partial charge on any atom is -0.490 e. The zero-order chi connectivity index (χ0) is 31.7. The molecule has 3 aliphatic rings. The van der Waals surface area contributed by atoms with E-state index in [9.17, 15) is 24.0 Å². The zero-order valence-electron chi connectivity index (χ0n) is 24.6. The number of nitrogens with one attached hydrogen (secondary N) is 1. The van der Waals surface area contributed by atoms with E-state index in [1.54, 1.807) is 42.2 Å². The number of fused-ring (bicyclic) bond motifs is 2. The van der Waals surface area contributed by atoms with Gasteiger partial charge in [0.25, 0.3) is 5.91 Å². The fourth-order valence-electron chi connectivity index (χ4n) is 5.74. The molecule has 1 N–H and O–H groups in total. The second kappa shape index (κ2) is 13.1. The second-order valence-electron chi connectivity index (χ2n) is 10.5. The Morgan fingerprint density at radius 2 is 1.71 bits per heavy atom. The molecule has 14 heteroatoms. The fraction of sp³-hybridized carbons (Fsp3) is 0.387. The molecule has 12 nitrogen and oxygen atoms in total. The summed E-state index contributed by atoms with van der Waals surface area (Å²) in [5.41, 5.74) is 1.31. The molecule has 0 spiro atoms. The summed E-state index contributed by atoms with van der Waals surface area (Å²) < 4.78 is 22.1. The van der Waals surface area contributed by atoms with Crippen LogP contribution in [-0.2, 0) is 23.9 Å². The molecule has 4 heterocycles. The quantitative estimate of drug-likeness (QED) is 0.270. The van der Waals surface area contributed by atoms with E-state index in [0.29, 0.717) is 71.1 Å². The first kappa shape index (κ1) is 30.9. The van der Waals surface area contributed by atoms with Crippen LogP contribution in [0.15, 0.2) is 52.3 Å². The van der Waals surface area contributed by atoms with Crippen molar-refractivity contribution in [2.24, 2.45) is 5.92 Å². The Morgan fingerprint density at radius 3 is 2.42 bits per heavy atom. The first-order chi connectivity index (χ1) is 21.8. The van der Waals surface area contributed by atoms with Crippen LogP contribution in [0.5, 0.6) is 11.5 Å². The number of nitrogens with zero attached hydrogens (tertiary/aromatic N) is 2. The van der Waals surface area contributed by atoms with Crippen LogP contribution in [-0.4, -0.2) is 84.9 Å². The van der Waals surface area contributed by atoms with Crippen molar-refractivity contribution in [1.29, 1.82) is 0 Å². The van der Waals surface area contributed by atoms with E-state index in [-0.39, 0.29) is 24.0 Å². The van der Waals surface area contributed by atoms with Gasteiger partial charge in [0, 0.05) is 23.9 Å². The molecule has 0 unspecified atom stereocenters. The number of H-pyrrole nitrogens is 1. The third-order valence-electron chi connectivity index (χ3n) is 7.80. The van der Waals surface area contributed by atoms with Crippen molar-refractivity contribution < 1.29 is 38.1 Å². The van der Waals surface area contributed by atoms with Gasteiger partial charge in [-0.25, -0.2) is 9.69 Å². The number of aromatic nitrogens is 1. The van der Waals surface area contributed by atoms with E-state index in [4.69, 9.17) is 18.9 Å². The van der Waals surface area contributed by atoms with Crippen molar-refractivity contribution in [3.05, 3.63) is 68.1 Å². The highest BCUT2D eigenvalue weighted by Crippen LogP contribution is 2.53. The summed E-state index contributed by atoms with van der Waals surface area (Å²) in [6, 6.07) is 11.3. The Morgan fingerprint density at radius 1 is 0.956 bits per heavy atom. The fourth-order valence-corrected chi connectivity index (χ4v) is 8.26. The lowest BCUT2D eigenvalue weighted by Crippen LogP contribution is -2.43. The Kier molecular flexibility index (Phi) is 8.97. The minimum atomic E-state index is -0.810. The summed E-state index contributed by atoms with van der Waals surface area (Å²) in [6.07, 6.45) is 0. The number of carbonyl (C=O) groups excluding carboxylic acids is 4. The predicted octanol–water partition coefficient (Wildman–Crippen LogP) is 3.05. The molecule has 6 rings (SSSR count). The van der Waals surface area contributed by atoms with Crippen LogP contribution >= 0.6 is 23.1 Å². The molecule has 3 aliphatic heterocycles. The molecule has 0 aliphatic carbocycles. The summed E-state index contributed by atoms with van der Waals surface area (Å²) in [6.45, 7) is 5.87. The predicted molar refractivity (Wildman–Crippen MR) is 165 cm³/mol. The minimum absolute atomic E-state index is 0.163. The van der Waals surface area contributed by atoms with Crippen LogP contribution in [0.2, 0.25) is 0 Å². The van der Waals surface area contributed by atoms with Crippen molar-refractivity contribution in [1.82, 2.24) is 9.88 Å².